The predicted molar refractivity (Wildman–Crippen MR) is 70.6 cm³/mol. The lowest BCUT2D eigenvalue weighted by Gasteiger charge is -2.21. The van der Waals surface area contributed by atoms with Crippen LogP contribution < -0.4 is 15.4 Å². The van der Waals surface area contributed by atoms with E-state index in [0.717, 1.165) is 11.3 Å². The molecule has 5 nitrogen and oxygen atoms in total. The van der Waals surface area contributed by atoms with Gasteiger partial charge in [-0.2, -0.15) is 0 Å². The zero-order valence-electron chi connectivity index (χ0n) is 10.9. The van der Waals surface area contributed by atoms with Gasteiger partial charge in [0, 0.05) is 31.0 Å². The Kier molecular flexibility index (Phi) is 4.39. The number of methoxy groups -OCH3 is 1. The molecule has 1 fully saturated rings. The lowest BCUT2D eigenvalue weighted by Crippen LogP contribution is -2.40. The average molecular weight is 262 g/mol. The highest BCUT2D eigenvalue weighted by atomic mass is 16.5. The number of nitrogens with one attached hydrogen (secondary N) is 2. The Morgan fingerprint density at radius 2 is 2.26 bits per heavy atom. The summed E-state index contributed by atoms with van der Waals surface area (Å²) in [5.41, 5.74) is 0.929. The van der Waals surface area contributed by atoms with Crippen LogP contribution in [0.15, 0.2) is 24.3 Å². The molecule has 1 unspecified atom stereocenters. The summed E-state index contributed by atoms with van der Waals surface area (Å²) in [5.74, 6) is 0.414. The van der Waals surface area contributed by atoms with E-state index >= 15 is 0 Å². The summed E-state index contributed by atoms with van der Waals surface area (Å²) < 4.78 is 5.22. The van der Waals surface area contributed by atoms with Gasteiger partial charge in [0.2, 0.25) is 11.8 Å². The zero-order chi connectivity index (χ0) is 13.7. The van der Waals surface area contributed by atoms with Crippen LogP contribution >= 0.6 is 0 Å². The van der Waals surface area contributed by atoms with Crippen LogP contribution in [-0.2, 0) is 16.1 Å². The molecule has 0 bridgehead atoms. The Morgan fingerprint density at radius 3 is 3.00 bits per heavy atom. The highest BCUT2D eigenvalue weighted by Crippen LogP contribution is 2.18. The number of piperidine rings is 1. The van der Waals surface area contributed by atoms with Crippen molar-refractivity contribution in [2.45, 2.75) is 19.4 Å². The molecule has 2 rings (SSSR count). The van der Waals surface area contributed by atoms with Crippen molar-refractivity contribution in [3.63, 3.8) is 0 Å². The minimum atomic E-state index is -0.219. The Balaban J connectivity index is 1.91. The second kappa shape index (κ2) is 6.22. The van der Waals surface area contributed by atoms with Gasteiger partial charge in [0.25, 0.3) is 0 Å². The molecule has 1 aliphatic rings. The summed E-state index contributed by atoms with van der Waals surface area (Å²) in [5, 5.41) is 5.58. The summed E-state index contributed by atoms with van der Waals surface area (Å²) in [6, 6.07) is 7.55. The average Bonchev–Trinajstić information content (AvgIpc) is 2.45. The standard InChI is InChI=1S/C14H18N2O3/c1-19-12-5-3-2-4-11(12)9-16-14(18)10-6-7-15-13(17)8-10/h2-5,10H,6-9H2,1H3,(H,15,17)(H,16,18). The van der Waals surface area contributed by atoms with E-state index in [2.05, 4.69) is 10.6 Å². The fourth-order valence-electron chi connectivity index (χ4n) is 2.18. The molecule has 1 aliphatic heterocycles. The van der Waals surface area contributed by atoms with Crippen molar-refractivity contribution >= 4 is 11.8 Å². The maximum atomic E-state index is 12.0. The highest BCUT2D eigenvalue weighted by Gasteiger charge is 2.25. The molecular formula is C14H18N2O3. The molecule has 1 aromatic carbocycles. The normalized spacial score (nSPS) is 18.6. The number of rotatable bonds is 4. The number of para-hydroxylation sites is 1. The van der Waals surface area contributed by atoms with E-state index in [0.29, 0.717) is 19.5 Å². The minimum Gasteiger partial charge on any atom is -0.496 e. The lowest BCUT2D eigenvalue weighted by molar-refractivity contribution is -0.132. The third-order valence-corrected chi connectivity index (χ3v) is 3.26. The Bertz CT molecular complexity index is 474. The van der Waals surface area contributed by atoms with Gasteiger partial charge in [-0.15, -0.1) is 0 Å². The van der Waals surface area contributed by atoms with Crippen LogP contribution in [0.4, 0.5) is 0 Å². The number of hydrogen-bond donors (Lipinski definition) is 2. The van der Waals surface area contributed by atoms with Crippen LogP contribution in [0.25, 0.3) is 0 Å². The molecule has 2 N–H and O–H groups in total. The quantitative estimate of drug-likeness (QED) is 0.845. The van der Waals surface area contributed by atoms with E-state index in [-0.39, 0.29) is 24.2 Å². The molecular weight excluding hydrogens is 244 g/mol. The second-order valence-corrected chi connectivity index (χ2v) is 4.57. The smallest absolute Gasteiger partial charge is 0.223 e. The predicted octanol–water partition coefficient (Wildman–Crippen LogP) is 0.838. The molecule has 0 saturated carbocycles. The minimum absolute atomic E-state index is 0.0521. The van der Waals surface area contributed by atoms with E-state index in [1.54, 1.807) is 7.11 Å². The van der Waals surface area contributed by atoms with Gasteiger partial charge in [-0.3, -0.25) is 9.59 Å². The molecule has 2 amide bonds. The van der Waals surface area contributed by atoms with Gasteiger partial charge in [-0.1, -0.05) is 18.2 Å². The van der Waals surface area contributed by atoms with Crippen LogP contribution in [0.3, 0.4) is 0 Å². The zero-order valence-corrected chi connectivity index (χ0v) is 10.9. The number of carbonyl (C=O) groups is 2. The van der Waals surface area contributed by atoms with Crippen molar-refractivity contribution in [3.05, 3.63) is 29.8 Å². The van der Waals surface area contributed by atoms with Crippen molar-refractivity contribution in [2.75, 3.05) is 13.7 Å². The maximum Gasteiger partial charge on any atom is 0.223 e. The fourth-order valence-corrected chi connectivity index (χ4v) is 2.18. The first-order valence-corrected chi connectivity index (χ1v) is 6.37. The summed E-state index contributed by atoms with van der Waals surface area (Å²) in [7, 11) is 1.60. The number of hydrogen-bond acceptors (Lipinski definition) is 3. The molecule has 0 aromatic heterocycles. The van der Waals surface area contributed by atoms with Crippen LogP contribution in [0.5, 0.6) is 5.75 Å². The monoisotopic (exact) mass is 262 g/mol. The van der Waals surface area contributed by atoms with E-state index in [1.807, 2.05) is 24.3 Å². The first kappa shape index (κ1) is 13.4. The summed E-state index contributed by atoms with van der Waals surface area (Å²) in [4.78, 5) is 23.2. The second-order valence-electron chi connectivity index (χ2n) is 4.57. The molecule has 1 atom stereocenters. The number of ether oxygens (including phenoxy) is 1. The first-order chi connectivity index (χ1) is 9.20. The van der Waals surface area contributed by atoms with Gasteiger partial charge in [-0.25, -0.2) is 0 Å². The van der Waals surface area contributed by atoms with Crippen molar-refractivity contribution in [1.82, 2.24) is 10.6 Å². The Labute approximate surface area is 112 Å². The summed E-state index contributed by atoms with van der Waals surface area (Å²) in [6.07, 6.45) is 0.973. The van der Waals surface area contributed by atoms with Gasteiger partial charge in [0.1, 0.15) is 5.75 Å². The van der Waals surface area contributed by atoms with Crippen LogP contribution in [0.1, 0.15) is 18.4 Å². The molecule has 1 aromatic rings. The topological polar surface area (TPSA) is 67.4 Å². The molecule has 0 radical (unpaired) electrons. The van der Waals surface area contributed by atoms with E-state index in [4.69, 9.17) is 4.74 Å². The molecule has 1 saturated heterocycles. The lowest BCUT2D eigenvalue weighted by atomic mass is 9.96. The van der Waals surface area contributed by atoms with Crippen molar-refractivity contribution in [2.24, 2.45) is 5.92 Å². The third kappa shape index (κ3) is 3.47. The summed E-state index contributed by atoms with van der Waals surface area (Å²) >= 11 is 0. The Morgan fingerprint density at radius 1 is 1.47 bits per heavy atom. The first-order valence-electron chi connectivity index (χ1n) is 6.37. The molecule has 1 heterocycles. The van der Waals surface area contributed by atoms with Gasteiger partial charge < -0.3 is 15.4 Å². The molecule has 0 aliphatic carbocycles. The van der Waals surface area contributed by atoms with E-state index in [1.165, 1.54) is 0 Å². The van der Waals surface area contributed by atoms with Crippen LogP contribution in [0, 0.1) is 5.92 Å². The van der Waals surface area contributed by atoms with Gasteiger partial charge in [-0.05, 0) is 12.5 Å². The highest BCUT2D eigenvalue weighted by molar-refractivity contribution is 5.86. The van der Waals surface area contributed by atoms with E-state index in [9.17, 15) is 9.59 Å². The third-order valence-electron chi connectivity index (χ3n) is 3.26. The van der Waals surface area contributed by atoms with Gasteiger partial charge >= 0.3 is 0 Å². The van der Waals surface area contributed by atoms with Crippen molar-refractivity contribution in [1.29, 1.82) is 0 Å². The van der Waals surface area contributed by atoms with Crippen LogP contribution in [-0.4, -0.2) is 25.5 Å². The van der Waals surface area contributed by atoms with Gasteiger partial charge in [0.15, 0.2) is 0 Å². The molecule has 0 spiro atoms. The largest absolute Gasteiger partial charge is 0.496 e. The fraction of sp³-hybridized carbons (Fsp3) is 0.429. The van der Waals surface area contributed by atoms with Crippen molar-refractivity contribution in [3.8, 4) is 5.75 Å². The number of carbonyl (C=O) groups excluding carboxylic acids is 2. The van der Waals surface area contributed by atoms with Gasteiger partial charge in [0.05, 0.1) is 7.11 Å². The molecule has 102 valence electrons. The summed E-state index contributed by atoms with van der Waals surface area (Å²) in [6.45, 7) is 0.993. The maximum absolute atomic E-state index is 12.0. The number of benzene rings is 1. The SMILES string of the molecule is COc1ccccc1CNC(=O)C1CCNC(=O)C1. The molecule has 19 heavy (non-hydrogen) atoms. The van der Waals surface area contributed by atoms with Crippen LogP contribution in [0.2, 0.25) is 0 Å². The number of amides is 2. The van der Waals surface area contributed by atoms with E-state index < -0.39 is 0 Å². The van der Waals surface area contributed by atoms with Crippen molar-refractivity contribution < 1.29 is 14.3 Å². The Hall–Kier alpha value is -2.04. The molecule has 5 heteroatoms.